The van der Waals surface area contributed by atoms with Crippen LogP contribution in [0.5, 0.6) is 0 Å². The average Bonchev–Trinajstić information content (AvgIpc) is 3.30. The number of alkyl halides is 2. The molecule has 186 valence electrons. The molecule has 2 amide bonds. The Kier molecular flexibility index (Phi) is 5.38. The van der Waals surface area contributed by atoms with Crippen molar-refractivity contribution in [3.05, 3.63) is 49.1 Å². The molecule has 2 aliphatic rings. The smallest absolute Gasteiger partial charge is 0.282 e. The minimum absolute atomic E-state index is 0.195. The maximum absolute atomic E-state index is 13.1. The summed E-state index contributed by atoms with van der Waals surface area (Å²) in [7, 11) is 3.34. The van der Waals surface area contributed by atoms with E-state index < -0.39 is 31.0 Å². The van der Waals surface area contributed by atoms with Gasteiger partial charge in [-0.15, -0.1) is 0 Å². The summed E-state index contributed by atoms with van der Waals surface area (Å²) in [4.78, 5) is 51.3. The Morgan fingerprint density at radius 3 is 2.50 bits per heavy atom. The highest BCUT2D eigenvalue weighted by Crippen LogP contribution is 2.31. The molecule has 3 aromatic rings. The van der Waals surface area contributed by atoms with Gasteiger partial charge in [0.15, 0.2) is 17.3 Å². The largest absolute Gasteiger partial charge is 0.329 e. The summed E-state index contributed by atoms with van der Waals surface area (Å²) in [6, 6.07) is 0.736. The molecule has 12 nitrogen and oxygen atoms in total. The first kappa shape index (κ1) is 23.3. The van der Waals surface area contributed by atoms with E-state index in [2.05, 4.69) is 36.8 Å². The van der Waals surface area contributed by atoms with Gasteiger partial charge in [-0.05, 0) is 13.0 Å². The number of nitrogens with zero attached hydrogens (tertiary/aromatic N) is 9. The van der Waals surface area contributed by atoms with Gasteiger partial charge in [0.05, 0.1) is 25.0 Å². The molecule has 1 fully saturated rings. The van der Waals surface area contributed by atoms with Crippen molar-refractivity contribution >= 4 is 29.4 Å². The van der Waals surface area contributed by atoms with Crippen LogP contribution in [-0.4, -0.2) is 79.3 Å². The Hall–Kier alpha value is -4.49. The molecule has 0 unspecified atom stereocenters. The molecule has 5 heterocycles. The highest BCUT2D eigenvalue weighted by molar-refractivity contribution is 6.02. The van der Waals surface area contributed by atoms with Crippen molar-refractivity contribution in [2.45, 2.75) is 18.9 Å². The van der Waals surface area contributed by atoms with E-state index in [4.69, 9.17) is 0 Å². The molecule has 0 spiro atoms. The van der Waals surface area contributed by atoms with Gasteiger partial charge in [-0.25, -0.2) is 33.7 Å². The molecular weight excluding hydrogens is 474 g/mol. The van der Waals surface area contributed by atoms with E-state index in [0.717, 1.165) is 0 Å². The lowest BCUT2D eigenvalue weighted by molar-refractivity contribution is -0.118. The van der Waals surface area contributed by atoms with E-state index in [1.165, 1.54) is 45.4 Å². The molecule has 0 aliphatic carbocycles. The van der Waals surface area contributed by atoms with Crippen molar-refractivity contribution in [3.63, 3.8) is 0 Å². The van der Waals surface area contributed by atoms with Gasteiger partial charge < -0.3 is 19.7 Å². The molecule has 0 bridgehead atoms. The quantitative estimate of drug-likeness (QED) is 0.563. The van der Waals surface area contributed by atoms with E-state index in [0.29, 0.717) is 17.2 Å². The number of aromatic nitrogens is 6. The number of halogens is 2. The molecular formula is C22H22F2N10O2. The van der Waals surface area contributed by atoms with Crippen molar-refractivity contribution in [1.29, 1.82) is 0 Å². The van der Waals surface area contributed by atoms with Crippen LogP contribution in [0, 0.1) is 0 Å². The Morgan fingerprint density at radius 1 is 1.14 bits per heavy atom. The van der Waals surface area contributed by atoms with E-state index >= 15 is 0 Å². The van der Waals surface area contributed by atoms with E-state index in [1.54, 1.807) is 25.9 Å². The normalized spacial score (nSPS) is 17.5. The van der Waals surface area contributed by atoms with Crippen LogP contribution in [0.15, 0.2) is 43.4 Å². The number of nitrogens with one attached hydrogen (secondary N) is 1. The second-order valence-corrected chi connectivity index (χ2v) is 8.58. The van der Waals surface area contributed by atoms with Crippen LogP contribution < -0.4 is 15.1 Å². The van der Waals surface area contributed by atoms with Crippen molar-refractivity contribution in [2.75, 3.05) is 42.3 Å². The predicted octanol–water partition coefficient (Wildman–Crippen LogP) is 1.78. The number of carbonyl (C=O) groups excluding carboxylic acids is 2. The van der Waals surface area contributed by atoms with Crippen molar-refractivity contribution in [1.82, 2.24) is 34.4 Å². The summed E-state index contributed by atoms with van der Waals surface area (Å²) in [6.07, 6.45) is 5.78. The number of hydrogen-bond donors (Lipinski definition) is 1. The molecule has 1 atom stereocenters. The SMILES string of the molecule is C=C1N(C)C(=O)c2c(ncn2[C@@H](C)C(=O)Nc2ccnc(-c3cnc(N4CC(F)(F)C4)nc3)n2)N1C. The van der Waals surface area contributed by atoms with Crippen LogP contribution in [0.1, 0.15) is 23.5 Å². The van der Waals surface area contributed by atoms with E-state index in [9.17, 15) is 18.4 Å². The zero-order chi connectivity index (χ0) is 25.8. The molecule has 5 rings (SSSR count). The summed E-state index contributed by atoms with van der Waals surface area (Å²) in [5.74, 6) is -1.91. The Bertz CT molecular complexity index is 1370. The van der Waals surface area contributed by atoms with Crippen molar-refractivity contribution in [3.8, 4) is 11.4 Å². The topological polar surface area (TPSA) is 125 Å². The Labute approximate surface area is 204 Å². The summed E-state index contributed by atoms with van der Waals surface area (Å²) >= 11 is 0. The molecule has 0 saturated carbocycles. The van der Waals surface area contributed by atoms with E-state index in [-0.39, 0.29) is 29.2 Å². The monoisotopic (exact) mass is 496 g/mol. The van der Waals surface area contributed by atoms with Gasteiger partial charge in [-0.3, -0.25) is 14.5 Å². The fraction of sp³-hybridized carbons (Fsp3) is 0.318. The van der Waals surface area contributed by atoms with Gasteiger partial charge in [0.1, 0.15) is 17.7 Å². The van der Waals surface area contributed by atoms with Gasteiger partial charge >= 0.3 is 0 Å². The van der Waals surface area contributed by atoms with Crippen LogP contribution >= 0.6 is 0 Å². The second-order valence-electron chi connectivity index (χ2n) is 8.58. The number of anilines is 3. The van der Waals surface area contributed by atoms with Gasteiger partial charge in [0.2, 0.25) is 11.9 Å². The average molecular weight is 496 g/mol. The molecule has 3 aromatic heterocycles. The molecule has 0 aromatic carbocycles. The van der Waals surface area contributed by atoms with Crippen LogP contribution in [-0.2, 0) is 4.79 Å². The summed E-state index contributed by atoms with van der Waals surface area (Å²) in [5, 5.41) is 2.72. The molecule has 0 radical (unpaired) electrons. The third kappa shape index (κ3) is 3.89. The van der Waals surface area contributed by atoms with E-state index in [1.807, 2.05) is 0 Å². The third-order valence-corrected chi connectivity index (χ3v) is 6.10. The lowest BCUT2D eigenvalue weighted by Crippen LogP contribution is -2.57. The number of carbonyl (C=O) groups is 2. The standard InChI is InChI=1S/C22H22F2N10O2/c1-12(34-11-28-18-16(34)20(36)32(4)13(2)31(18)3)19(35)30-15-5-6-25-17(29-15)14-7-26-21(27-8-14)33-9-22(23,24)10-33/h5-8,11-12H,2,9-10H2,1,3-4H3,(H,25,29,30,35)/t12-/m0/s1. The lowest BCUT2D eigenvalue weighted by atomic mass is 10.2. The maximum atomic E-state index is 13.1. The first-order chi connectivity index (χ1) is 17.1. The molecule has 14 heteroatoms. The minimum Gasteiger partial charge on any atom is -0.329 e. The number of amides is 2. The van der Waals surface area contributed by atoms with Gasteiger partial charge in [0, 0.05) is 32.7 Å². The highest BCUT2D eigenvalue weighted by atomic mass is 19.3. The first-order valence-electron chi connectivity index (χ1n) is 10.9. The van der Waals surface area contributed by atoms with Gasteiger partial charge in [-0.2, -0.15) is 0 Å². The highest BCUT2D eigenvalue weighted by Gasteiger charge is 2.45. The summed E-state index contributed by atoms with van der Waals surface area (Å²) < 4.78 is 27.7. The van der Waals surface area contributed by atoms with Crippen LogP contribution in [0.4, 0.5) is 26.4 Å². The summed E-state index contributed by atoms with van der Waals surface area (Å²) in [5.41, 5.74) is 0.728. The maximum Gasteiger partial charge on any atom is 0.282 e. The number of rotatable bonds is 5. The summed E-state index contributed by atoms with van der Waals surface area (Å²) in [6.45, 7) is 4.68. The number of fused-ring (bicyclic) bond motifs is 1. The van der Waals surface area contributed by atoms with Gasteiger partial charge in [-0.1, -0.05) is 6.58 Å². The fourth-order valence-electron chi connectivity index (χ4n) is 3.90. The Morgan fingerprint density at radius 2 is 1.83 bits per heavy atom. The first-order valence-corrected chi connectivity index (χ1v) is 10.9. The number of hydrogen-bond acceptors (Lipinski definition) is 9. The van der Waals surface area contributed by atoms with Crippen LogP contribution in [0.3, 0.4) is 0 Å². The third-order valence-electron chi connectivity index (χ3n) is 6.10. The fourth-order valence-corrected chi connectivity index (χ4v) is 3.90. The van der Waals surface area contributed by atoms with Crippen molar-refractivity contribution < 1.29 is 18.4 Å². The molecule has 2 aliphatic heterocycles. The molecule has 36 heavy (non-hydrogen) atoms. The van der Waals surface area contributed by atoms with Crippen LogP contribution in [0.2, 0.25) is 0 Å². The van der Waals surface area contributed by atoms with Crippen LogP contribution in [0.25, 0.3) is 11.4 Å². The zero-order valence-electron chi connectivity index (χ0n) is 19.7. The number of imidazole rings is 1. The Balaban J connectivity index is 1.31. The zero-order valence-corrected chi connectivity index (χ0v) is 19.7. The lowest BCUT2D eigenvalue weighted by Gasteiger charge is -2.38. The second kappa shape index (κ2) is 8.32. The van der Waals surface area contributed by atoms with Crippen molar-refractivity contribution in [2.24, 2.45) is 0 Å². The molecule has 1 N–H and O–H groups in total. The minimum atomic E-state index is -2.72. The molecule has 1 saturated heterocycles. The van der Waals surface area contributed by atoms with Gasteiger partial charge in [0.25, 0.3) is 11.8 Å². The predicted molar refractivity (Wildman–Crippen MR) is 125 cm³/mol.